The highest BCUT2D eigenvalue weighted by molar-refractivity contribution is 8.04. The molecule has 5 nitrogen and oxygen atoms in total. The molecule has 7 heteroatoms. The zero-order valence-electron chi connectivity index (χ0n) is 15.1. The number of fused-ring (bicyclic) bond motifs is 1. The fourth-order valence-electron chi connectivity index (χ4n) is 2.75. The molecule has 0 fully saturated rings. The number of anilines is 1. The van der Waals surface area contributed by atoms with Crippen LogP contribution < -0.4 is 5.73 Å². The molecule has 0 amide bonds. The Morgan fingerprint density at radius 2 is 2.12 bits per heavy atom. The van der Waals surface area contributed by atoms with Crippen LogP contribution in [0.5, 0.6) is 0 Å². The normalized spacial score (nSPS) is 18.4. The minimum atomic E-state index is 0.541. The van der Waals surface area contributed by atoms with E-state index in [9.17, 15) is 0 Å². The van der Waals surface area contributed by atoms with E-state index < -0.39 is 0 Å². The number of rotatable bonds is 3. The predicted molar refractivity (Wildman–Crippen MR) is 110 cm³/mol. The summed E-state index contributed by atoms with van der Waals surface area (Å²) in [6, 6.07) is 0. The summed E-state index contributed by atoms with van der Waals surface area (Å²) in [7, 11) is 1.53. The first-order valence-electron chi connectivity index (χ1n) is 8.10. The molecule has 0 bridgehead atoms. The van der Waals surface area contributed by atoms with E-state index in [2.05, 4.69) is 42.0 Å². The number of aromatic nitrogens is 1. The fourth-order valence-corrected chi connectivity index (χ4v) is 4.84. The summed E-state index contributed by atoms with van der Waals surface area (Å²) in [5, 5.41) is 5.63. The number of oxime groups is 1. The van der Waals surface area contributed by atoms with Crippen molar-refractivity contribution < 1.29 is 4.84 Å². The molecule has 3 rings (SSSR count). The van der Waals surface area contributed by atoms with Crippen LogP contribution in [0.3, 0.4) is 0 Å². The summed E-state index contributed by atoms with van der Waals surface area (Å²) in [6.45, 7) is 8.39. The van der Waals surface area contributed by atoms with E-state index in [1.54, 1.807) is 29.3 Å². The molecular weight excluding hydrogens is 352 g/mol. The first-order chi connectivity index (χ1) is 11.9. The van der Waals surface area contributed by atoms with Gasteiger partial charge in [0.25, 0.3) is 0 Å². The Morgan fingerprint density at radius 1 is 1.36 bits per heavy atom. The molecule has 1 aliphatic rings. The number of nitrogens with two attached hydrogens (primary N) is 1. The van der Waals surface area contributed by atoms with Gasteiger partial charge >= 0.3 is 0 Å². The molecule has 0 saturated heterocycles. The van der Waals surface area contributed by atoms with Crippen molar-refractivity contribution in [3.05, 3.63) is 32.7 Å². The van der Waals surface area contributed by atoms with E-state index in [0.29, 0.717) is 11.1 Å². The Kier molecular flexibility index (Phi) is 5.15. The largest absolute Gasteiger partial charge is 0.397 e. The van der Waals surface area contributed by atoms with Crippen molar-refractivity contribution in [2.75, 3.05) is 12.8 Å². The third-order valence-electron chi connectivity index (χ3n) is 4.37. The van der Waals surface area contributed by atoms with Gasteiger partial charge in [-0.15, -0.1) is 23.1 Å². The van der Waals surface area contributed by atoms with Crippen LogP contribution in [-0.2, 0) is 4.84 Å². The molecule has 1 aliphatic heterocycles. The molecule has 1 atom stereocenters. The Labute approximate surface area is 156 Å². The molecule has 2 N–H and O–H groups in total. The number of hydrogen-bond donors (Lipinski definition) is 1. The molecule has 0 aliphatic carbocycles. The van der Waals surface area contributed by atoms with Crippen molar-refractivity contribution >= 4 is 51.1 Å². The average molecular weight is 375 g/mol. The second kappa shape index (κ2) is 7.17. The molecule has 2 aromatic heterocycles. The summed E-state index contributed by atoms with van der Waals surface area (Å²) >= 11 is 3.32. The average Bonchev–Trinajstić information content (AvgIpc) is 3.13. The fraction of sp³-hybridized carbons (Fsp3) is 0.389. The number of hydrogen-bond acceptors (Lipinski definition) is 6. The topological polar surface area (TPSA) is 72.9 Å². The lowest BCUT2D eigenvalue weighted by molar-refractivity contribution is 0.213. The van der Waals surface area contributed by atoms with Gasteiger partial charge in [-0.05, 0) is 38.3 Å². The van der Waals surface area contributed by atoms with Crippen LogP contribution >= 0.6 is 23.1 Å². The number of nitrogen functional groups attached to an aromatic ring is 1. The molecule has 0 spiro atoms. The zero-order chi connectivity index (χ0) is 18.1. The van der Waals surface area contributed by atoms with E-state index in [-0.39, 0.29) is 0 Å². The van der Waals surface area contributed by atoms with Crippen LogP contribution in [0.4, 0.5) is 5.69 Å². The zero-order valence-corrected chi connectivity index (χ0v) is 16.7. The van der Waals surface area contributed by atoms with Crippen LogP contribution in [0, 0.1) is 20.8 Å². The van der Waals surface area contributed by atoms with Crippen molar-refractivity contribution in [2.45, 2.75) is 39.4 Å². The third kappa shape index (κ3) is 3.43. The van der Waals surface area contributed by atoms with Crippen LogP contribution in [0.25, 0.3) is 10.2 Å². The standard InChI is InChI=1S/C18H22N4OS2/c1-9-6-7-13(24-9)17(22-23-5)20-8-14-16(19)15-11(3)10(2)12(4)21-18(15)25-14/h7-9H,6,19H2,1-5H3/b20-8?,22-17-. The van der Waals surface area contributed by atoms with Crippen molar-refractivity contribution in [1.82, 2.24) is 4.98 Å². The minimum Gasteiger partial charge on any atom is -0.397 e. The highest BCUT2D eigenvalue weighted by Gasteiger charge is 2.19. The molecule has 132 valence electrons. The Balaban J connectivity index is 1.99. The van der Waals surface area contributed by atoms with Gasteiger partial charge in [0.15, 0.2) is 0 Å². The molecule has 0 radical (unpaired) electrons. The number of thiophene rings is 1. The second-order valence-corrected chi connectivity index (χ2v) is 8.61. The monoisotopic (exact) mass is 374 g/mol. The summed E-state index contributed by atoms with van der Waals surface area (Å²) in [5.41, 5.74) is 10.5. The van der Waals surface area contributed by atoms with Crippen LogP contribution in [0.15, 0.2) is 21.1 Å². The highest BCUT2D eigenvalue weighted by Crippen LogP contribution is 2.36. The maximum Gasteiger partial charge on any atom is 0.204 e. The van der Waals surface area contributed by atoms with E-state index >= 15 is 0 Å². The summed E-state index contributed by atoms with van der Waals surface area (Å²) in [4.78, 5) is 17.1. The molecule has 3 heterocycles. The van der Waals surface area contributed by atoms with Crippen molar-refractivity contribution in [1.29, 1.82) is 0 Å². The van der Waals surface area contributed by atoms with E-state index in [4.69, 9.17) is 10.6 Å². The van der Waals surface area contributed by atoms with Gasteiger partial charge in [0.1, 0.15) is 11.9 Å². The quantitative estimate of drug-likeness (QED) is 0.484. The maximum atomic E-state index is 6.38. The molecular formula is C18H22N4OS2. The van der Waals surface area contributed by atoms with Crippen LogP contribution in [0.2, 0.25) is 0 Å². The van der Waals surface area contributed by atoms with E-state index in [0.717, 1.165) is 37.8 Å². The lowest BCUT2D eigenvalue weighted by atomic mass is 10.1. The SMILES string of the molecule is CO/N=C(\N=Cc1sc2nc(C)c(C)c(C)c2c1N)C1=CCC(C)S1. The first kappa shape index (κ1) is 17.9. The van der Waals surface area contributed by atoms with E-state index in [1.807, 2.05) is 6.92 Å². The van der Waals surface area contributed by atoms with Gasteiger partial charge in [0, 0.05) is 22.5 Å². The summed E-state index contributed by atoms with van der Waals surface area (Å²) < 4.78 is 0. The van der Waals surface area contributed by atoms with Gasteiger partial charge in [-0.2, -0.15) is 0 Å². The lowest BCUT2D eigenvalue weighted by Gasteiger charge is -2.05. The van der Waals surface area contributed by atoms with Crippen molar-refractivity contribution in [2.24, 2.45) is 10.1 Å². The number of aryl methyl sites for hydroxylation is 2. The Bertz CT molecular complexity index is 912. The van der Waals surface area contributed by atoms with Gasteiger partial charge in [-0.1, -0.05) is 18.2 Å². The maximum absolute atomic E-state index is 6.38. The number of aliphatic imine (C=N–C) groups is 1. The van der Waals surface area contributed by atoms with Gasteiger partial charge in [-0.3, -0.25) is 0 Å². The number of nitrogens with zero attached hydrogens (tertiary/aromatic N) is 3. The van der Waals surface area contributed by atoms with Crippen LogP contribution in [0.1, 0.15) is 35.0 Å². The van der Waals surface area contributed by atoms with Gasteiger partial charge in [-0.25, -0.2) is 9.98 Å². The van der Waals surface area contributed by atoms with Gasteiger partial charge < -0.3 is 10.6 Å². The van der Waals surface area contributed by atoms with Crippen LogP contribution in [-0.4, -0.2) is 29.4 Å². The lowest BCUT2D eigenvalue weighted by Crippen LogP contribution is -1.99. The molecule has 2 aromatic rings. The predicted octanol–water partition coefficient (Wildman–Crippen LogP) is 4.59. The Morgan fingerprint density at radius 3 is 2.76 bits per heavy atom. The molecule has 0 aromatic carbocycles. The number of allylic oxidation sites excluding steroid dienone is 1. The number of amidine groups is 1. The first-order valence-corrected chi connectivity index (χ1v) is 9.80. The minimum absolute atomic E-state index is 0.541. The van der Waals surface area contributed by atoms with Crippen molar-refractivity contribution in [3.8, 4) is 0 Å². The van der Waals surface area contributed by atoms with Gasteiger partial charge in [0.05, 0.1) is 15.5 Å². The molecule has 1 unspecified atom stereocenters. The Hall–Kier alpha value is -1.86. The number of pyridine rings is 1. The smallest absolute Gasteiger partial charge is 0.204 e. The highest BCUT2D eigenvalue weighted by atomic mass is 32.2. The second-order valence-electron chi connectivity index (χ2n) is 6.10. The molecule has 25 heavy (non-hydrogen) atoms. The third-order valence-corrected chi connectivity index (χ3v) is 6.60. The van der Waals surface area contributed by atoms with Gasteiger partial charge in [0.2, 0.25) is 5.84 Å². The summed E-state index contributed by atoms with van der Waals surface area (Å²) in [6.07, 6.45) is 4.94. The molecule has 0 saturated carbocycles. The summed E-state index contributed by atoms with van der Waals surface area (Å²) in [5.74, 6) is 0.589. The van der Waals surface area contributed by atoms with Crippen molar-refractivity contribution in [3.63, 3.8) is 0 Å². The van der Waals surface area contributed by atoms with E-state index in [1.165, 1.54) is 18.2 Å². The number of thioether (sulfide) groups is 1.